The predicted octanol–water partition coefficient (Wildman–Crippen LogP) is 12.7. The summed E-state index contributed by atoms with van der Waals surface area (Å²) in [5.41, 5.74) is 3.78. The smallest absolute Gasteiger partial charge is 0.220 e. The fourth-order valence-corrected chi connectivity index (χ4v) is 7.57. The summed E-state index contributed by atoms with van der Waals surface area (Å²) in [6.07, 6.45) is 34.4. The van der Waals surface area contributed by atoms with E-state index in [1.807, 2.05) is 12.1 Å². The highest BCUT2D eigenvalue weighted by atomic mass is 16.5. The Balaban J connectivity index is 1.17. The Labute approximate surface area is 313 Å². The van der Waals surface area contributed by atoms with Gasteiger partial charge in [-0.05, 0) is 55.3 Å². The SMILES string of the molecule is CCCCCCCCCCCCCCCCCCNCc1ccc(OCCCC(=O)NCc2ccc(C3CCCCCCCC3)cc2)cc1OC. The maximum absolute atomic E-state index is 12.5. The van der Waals surface area contributed by atoms with Crippen LogP contribution in [-0.2, 0) is 17.9 Å². The molecule has 1 amide bonds. The zero-order valence-corrected chi connectivity index (χ0v) is 33.1. The lowest BCUT2D eigenvalue weighted by Crippen LogP contribution is -2.23. The van der Waals surface area contributed by atoms with Crippen LogP contribution in [0.1, 0.15) is 196 Å². The van der Waals surface area contributed by atoms with Crippen LogP contribution in [0.4, 0.5) is 0 Å². The Kier molecular flexibility index (Phi) is 24.4. The third kappa shape index (κ3) is 20.3. The third-order valence-corrected chi connectivity index (χ3v) is 10.9. The molecule has 1 aliphatic rings. The van der Waals surface area contributed by atoms with Gasteiger partial charge in [-0.15, -0.1) is 0 Å². The first-order valence-corrected chi connectivity index (χ1v) is 21.6. The van der Waals surface area contributed by atoms with Crippen molar-refractivity contribution in [2.45, 2.75) is 193 Å². The summed E-state index contributed by atoms with van der Waals surface area (Å²) in [6.45, 7) is 5.21. The molecule has 288 valence electrons. The van der Waals surface area contributed by atoms with Crippen molar-refractivity contribution < 1.29 is 14.3 Å². The molecular formula is C46H76N2O3. The molecular weight excluding hydrogens is 629 g/mol. The fraction of sp³-hybridized carbons (Fsp3) is 0.717. The normalized spacial score (nSPS) is 14.1. The van der Waals surface area contributed by atoms with Crippen molar-refractivity contribution in [1.82, 2.24) is 10.6 Å². The van der Waals surface area contributed by atoms with E-state index >= 15 is 0 Å². The van der Waals surface area contributed by atoms with Crippen LogP contribution in [0, 0.1) is 0 Å². The summed E-state index contributed by atoms with van der Waals surface area (Å²) in [5, 5.41) is 6.68. The zero-order chi connectivity index (χ0) is 36.0. The van der Waals surface area contributed by atoms with Crippen molar-refractivity contribution in [2.24, 2.45) is 0 Å². The number of methoxy groups -OCH3 is 1. The van der Waals surface area contributed by atoms with E-state index in [1.165, 1.54) is 160 Å². The van der Waals surface area contributed by atoms with Crippen LogP contribution in [0.3, 0.4) is 0 Å². The molecule has 0 radical (unpaired) electrons. The molecule has 2 aromatic rings. The molecule has 2 N–H and O–H groups in total. The topological polar surface area (TPSA) is 59.6 Å². The van der Waals surface area contributed by atoms with Crippen molar-refractivity contribution in [2.75, 3.05) is 20.3 Å². The molecule has 5 nitrogen and oxygen atoms in total. The standard InChI is InChI=1S/C46H76N2O3/c1-3-4-5-6-7-8-9-10-11-12-13-14-15-18-21-24-35-47-39-43-33-34-44(37-45(43)50-2)51-36-25-28-46(49)48-38-40-29-31-42(32-30-40)41-26-22-19-16-17-20-23-27-41/h29-34,37,41,47H,3-28,35-36,38-39H2,1-2H3,(H,48,49). The maximum Gasteiger partial charge on any atom is 0.220 e. The lowest BCUT2D eigenvalue weighted by atomic mass is 9.89. The first-order valence-electron chi connectivity index (χ1n) is 21.6. The monoisotopic (exact) mass is 705 g/mol. The maximum atomic E-state index is 12.5. The van der Waals surface area contributed by atoms with E-state index in [2.05, 4.69) is 47.9 Å². The molecule has 1 saturated carbocycles. The minimum Gasteiger partial charge on any atom is -0.496 e. The van der Waals surface area contributed by atoms with E-state index in [9.17, 15) is 4.79 Å². The Hall–Kier alpha value is -2.53. The number of unbranched alkanes of at least 4 members (excludes halogenated alkanes) is 15. The molecule has 0 saturated heterocycles. The number of carbonyl (C=O) groups is 1. The number of ether oxygens (including phenoxy) is 2. The Morgan fingerprint density at radius 1 is 0.667 bits per heavy atom. The summed E-state index contributed by atoms with van der Waals surface area (Å²) in [6, 6.07) is 15.0. The van der Waals surface area contributed by atoms with Gasteiger partial charge < -0.3 is 20.1 Å². The van der Waals surface area contributed by atoms with Crippen LogP contribution in [0.5, 0.6) is 11.5 Å². The van der Waals surface area contributed by atoms with Gasteiger partial charge >= 0.3 is 0 Å². The van der Waals surface area contributed by atoms with Crippen LogP contribution in [0.2, 0.25) is 0 Å². The van der Waals surface area contributed by atoms with Crippen molar-refractivity contribution >= 4 is 5.91 Å². The van der Waals surface area contributed by atoms with Crippen molar-refractivity contribution in [3.05, 3.63) is 59.2 Å². The minimum atomic E-state index is 0.0716. The summed E-state index contributed by atoms with van der Waals surface area (Å²) < 4.78 is 11.6. The molecule has 0 aliphatic heterocycles. The molecule has 51 heavy (non-hydrogen) atoms. The Morgan fingerprint density at radius 3 is 1.82 bits per heavy atom. The lowest BCUT2D eigenvalue weighted by molar-refractivity contribution is -0.121. The van der Waals surface area contributed by atoms with Gasteiger partial charge in [-0.25, -0.2) is 0 Å². The van der Waals surface area contributed by atoms with Gasteiger partial charge in [-0.1, -0.05) is 172 Å². The highest BCUT2D eigenvalue weighted by Gasteiger charge is 2.13. The first kappa shape index (κ1) is 42.9. The average Bonchev–Trinajstić information content (AvgIpc) is 3.30. The molecule has 0 unspecified atom stereocenters. The van der Waals surface area contributed by atoms with E-state index in [0.29, 0.717) is 31.9 Å². The van der Waals surface area contributed by atoms with E-state index in [1.54, 1.807) is 7.11 Å². The van der Waals surface area contributed by atoms with Crippen LogP contribution in [-0.4, -0.2) is 26.2 Å². The molecule has 1 aliphatic carbocycles. The van der Waals surface area contributed by atoms with Gasteiger partial charge in [0.15, 0.2) is 0 Å². The molecule has 0 spiro atoms. The second-order valence-electron chi connectivity index (χ2n) is 15.3. The van der Waals surface area contributed by atoms with Gasteiger partial charge in [-0.2, -0.15) is 0 Å². The van der Waals surface area contributed by atoms with Gasteiger partial charge in [0.05, 0.1) is 13.7 Å². The number of rotatable bonds is 28. The summed E-state index contributed by atoms with van der Waals surface area (Å²) in [4.78, 5) is 12.5. The van der Waals surface area contributed by atoms with E-state index < -0.39 is 0 Å². The molecule has 3 rings (SSSR count). The molecule has 1 fully saturated rings. The van der Waals surface area contributed by atoms with Crippen LogP contribution in [0.15, 0.2) is 42.5 Å². The molecule has 0 aromatic heterocycles. The van der Waals surface area contributed by atoms with Crippen molar-refractivity contribution in [1.29, 1.82) is 0 Å². The number of amides is 1. The average molecular weight is 705 g/mol. The van der Waals surface area contributed by atoms with Gasteiger partial charge in [0.25, 0.3) is 0 Å². The number of hydrogen-bond donors (Lipinski definition) is 2. The Bertz CT molecular complexity index is 1120. The van der Waals surface area contributed by atoms with Gasteiger partial charge in [0.1, 0.15) is 11.5 Å². The van der Waals surface area contributed by atoms with Crippen molar-refractivity contribution in [3.8, 4) is 11.5 Å². The second kappa shape index (κ2) is 29.0. The predicted molar refractivity (Wildman–Crippen MR) is 217 cm³/mol. The van der Waals surface area contributed by atoms with Crippen molar-refractivity contribution in [3.63, 3.8) is 0 Å². The summed E-state index contributed by atoms with van der Waals surface area (Å²) in [5.74, 6) is 2.40. The van der Waals surface area contributed by atoms with E-state index in [0.717, 1.165) is 35.7 Å². The number of carbonyl (C=O) groups excluding carboxylic acids is 1. The minimum absolute atomic E-state index is 0.0716. The largest absolute Gasteiger partial charge is 0.496 e. The van der Waals surface area contributed by atoms with E-state index in [-0.39, 0.29) is 5.91 Å². The summed E-state index contributed by atoms with van der Waals surface area (Å²) in [7, 11) is 1.72. The zero-order valence-electron chi connectivity index (χ0n) is 33.1. The lowest BCUT2D eigenvalue weighted by Gasteiger charge is -2.17. The molecule has 0 heterocycles. The second-order valence-corrected chi connectivity index (χ2v) is 15.3. The van der Waals surface area contributed by atoms with Gasteiger partial charge in [-0.3, -0.25) is 4.79 Å². The quantitative estimate of drug-likeness (QED) is 0.0866. The third-order valence-electron chi connectivity index (χ3n) is 10.9. The van der Waals surface area contributed by atoms with Gasteiger partial charge in [0.2, 0.25) is 5.91 Å². The van der Waals surface area contributed by atoms with Crippen LogP contribution < -0.4 is 20.1 Å². The molecule has 5 heteroatoms. The highest BCUT2D eigenvalue weighted by molar-refractivity contribution is 5.75. The summed E-state index contributed by atoms with van der Waals surface area (Å²) >= 11 is 0. The molecule has 2 aromatic carbocycles. The Morgan fingerprint density at radius 2 is 1.24 bits per heavy atom. The van der Waals surface area contributed by atoms with E-state index in [4.69, 9.17) is 9.47 Å². The first-order chi connectivity index (χ1) is 25.2. The molecule has 0 bridgehead atoms. The number of nitrogens with one attached hydrogen (secondary N) is 2. The van der Waals surface area contributed by atoms with Gasteiger partial charge in [0, 0.05) is 31.1 Å². The van der Waals surface area contributed by atoms with Crippen LogP contribution >= 0.6 is 0 Å². The molecule has 0 atom stereocenters. The fourth-order valence-electron chi connectivity index (χ4n) is 7.57. The number of benzene rings is 2. The highest BCUT2D eigenvalue weighted by Crippen LogP contribution is 2.30. The number of hydrogen-bond acceptors (Lipinski definition) is 4. The van der Waals surface area contributed by atoms with Crippen LogP contribution in [0.25, 0.3) is 0 Å².